The van der Waals surface area contributed by atoms with E-state index >= 15 is 0 Å². The zero-order chi connectivity index (χ0) is 20.7. The molecule has 0 saturated heterocycles. The Morgan fingerprint density at radius 2 is 1.79 bits per heavy atom. The van der Waals surface area contributed by atoms with Crippen LogP contribution in [0.2, 0.25) is 0 Å². The molecule has 154 valence electrons. The molecule has 2 aliphatic carbocycles. The topological polar surface area (TPSA) is 29.5 Å². The van der Waals surface area contributed by atoms with E-state index < -0.39 is 0 Å². The Morgan fingerprint density at radius 1 is 1.07 bits per heavy atom. The van der Waals surface area contributed by atoms with E-state index in [2.05, 4.69) is 52.8 Å². The largest absolute Gasteiger partial charge is 0.504 e. The number of allylic oxidation sites excluding steroid dienone is 2. The fourth-order valence-corrected chi connectivity index (χ4v) is 5.66. The van der Waals surface area contributed by atoms with Gasteiger partial charge in [-0.15, -0.1) is 0 Å². The first-order valence-electron chi connectivity index (χ1n) is 11.1. The molecule has 1 N–H and O–H groups in total. The fourth-order valence-electron chi connectivity index (χ4n) is 5.66. The molecule has 2 aromatic rings. The molecule has 0 unspecified atom stereocenters. The van der Waals surface area contributed by atoms with Gasteiger partial charge in [-0.05, 0) is 80.0 Å². The van der Waals surface area contributed by atoms with Gasteiger partial charge in [0.25, 0.3) is 0 Å². The van der Waals surface area contributed by atoms with Gasteiger partial charge in [0.15, 0.2) is 11.5 Å². The van der Waals surface area contributed by atoms with Gasteiger partial charge in [-0.25, -0.2) is 0 Å². The lowest BCUT2D eigenvalue weighted by atomic mass is 9.62. The van der Waals surface area contributed by atoms with Crippen LogP contribution >= 0.6 is 0 Å². The molecule has 0 bridgehead atoms. The van der Waals surface area contributed by atoms with Gasteiger partial charge in [-0.3, -0.25) is 0 Å². The first kappa shape index (κ1) is 20.1. The van der Waals surface area contributed by atoms with Crippen LogP contribution in [0.5, 0.6) is 11.5 Å². The molecule has 0 fully saturated rings. The quantitative estimate of drug-likeness (QED) is 0.553. The minimum absolute atomic E-state index is 0.351. The van der Waals surface area contributed by atoms with Crippen LogP contribution in [0.4, 0.5) is 0 Å². The Labute approximate surface area is 175 Å². The summed E-state index contributed by atoms with van der Waals surface area (Å²) < 4.78 is 6.33. The second-order valence-corrected chi connectivity index (χ2v) is 9.47. The van der Waals surface area contributed by atoms with Gasteiger partial charge in [-0.1, -0.05) is 55.8 Å². The summed E-state index contributed by atoms with van der Waals surface area (Å²) in [6.45, 7) is 11.6. The van der Waals surface area contributed by atoms with Gasteiger partial charge >= 0.3 is 0 Å². The van der Waals surface area contributed by atoms with Gasteiger partial charge in [0.2, 0.25) is 0 Å². The monoisotopic (exact) mass is 390 g/mol. The molecule has 2 aliphatic rings. The van der Waals surface area contributed by atoms with Crippen LogP contribution in [0.3, 0.4) is 0 Å². The van der Waals surface area contributed by atoms with E-state index in [1.54, 1.807) is 0 Å². The minimum atomic E-state index is 0.351. The summed E-state index contributed by atoms with van der Waals surface area (Å²) in [4.78, 5) is 0. The van der Waals surface area contributed by atoms with Gasteiger partial charge in [0.05, 0.1) is 0 Å². The van der Waals surface area contributed by atoms with Crippen molar-refractivity contribution in [3.63, 3.8) is 0 Å². The second kappa shape index (κ2) is 7.89. The van der Waals surface area contributed by atoms with Crippen LogP contribution in [0.15, 0.2) is 42.0 Å². The highest BCUT2D eigenvalue weighted by Gasteiger charge is 2.41. The lowest BCUT2D eigenvalue weighted by molar-refractivity contribution is 0.270. The Hall–Kier alpha value is -2.22. The van der Waals surface area contributed by atoms with Crippen molar-refractivity contribution in [2.75, 3.05) is 0 Å². The molecule has 0 aliphatic heterocycles. The molecule has 29 heavy (non-hydrogen) atoms. The molecule has 4 rings (SSSR count). The number of aromatic hydroxyl groups is 1. The summed E-state index contributed by atoms with van der Waals surface area (Å²) in [5.74, 6) is 3.11. The Kier molecular flexibility index (Phi) is 5.46. The highest BCUT2D eigenvalue weighted by molar-refractivity contribution is 5.64. The third-order valence-corrected chi connectivity index (χ3v) is 7.02. The molecule has 0 saturated carbocycles. The number of hydrogen-bond acceptors (Lipinski definition) is 2. The summed E-state index contributed by atoms with van der Waals surface area (Å²) in [6, 6.07) is 10.2. The second-order valence-electron chi connectivity index (χ2n) is 9.47. The predicted octanol–water partition coefficient (Wildman–Crippen LogP) is 7.35. The first-order valence-corrected chi connectivity index (χ1v) is 11.1. The third kappa shape index (κ3) is 3.58. The van der Waals surface area contributed by atoms with Gasteiger partial charge in [-0.2, -0.15) is 0 Å². The molecule has 0 aromatic heterocycles. The molecule has 0 amide bonds. The normalized spacial score (nSPS) is 25.3. The number of phenolic OH excluding ortho intramolecular Hbond substituents is 1. The van der Waals surface area contributed by atoms with Crippen LogP contribution in [0, 0.1) is 12.8 Å². The molecular formula is C27H34O2. The van der Waals surface area contributed by atoms with Crippen molar-refractivity contribution in [1.29, 1.82) is 0 Å². The minimum Gasteiger partial charge on any atom is -0.504 e. The van der Waals surface area contributed by atoms with Gasteiger partial charge in [0, 0.05) is 11.5 Å². The van der Waals surface area contributed by atoms with Crippen molar-refractivity contribution < 1.29 is 9.84 Å². The van der Waals surface area contributed by atoms with Crippen molar-refractivity contribution >= 4 is 0 Å². The van der Waals surface area contributed by atoms with Crippen molar-refractivity contribution in [2.45, 2.75) is 78.2 Å². The zero-order valence-electron chi connectivity index (χ0n) is 18.5. The maximum Gasteiger partial charge on any atom is 0.165 e. The molecule has 0 radical (unpaired) electrons. The summed E-state index contributed by atoms with van der Waals surface area (Å²) >= 11 is 0. The molecule has 2 aromatic carbocycles. The van der Waals surface area contributed by atoms with Crippen LogP contribution < -0.4 is 4.74 Å². The average molecular weight is 391 g/mol. The smallest absolute Gasteiger partial charge is 0.165 e. The number of rotatable bonds is 4. The van der Waals surface area contributed by atoms with E-state index in [1.807, 2.05) is 18.2 Å². The molecular weight excluding hydrogens is 356 g/mol. The third-order valence-electron chi connectivity index (χ3n) is 7.02. The van der Waals surface area contributed by atoms with E-state index in [0.29, 0.717) is 36.0 Å². The van der Waals surface area contributed by atoms with Crippen molar-refractivity contribution in [3.8, 4) is 11.5 Å². The Morgan fingerprint density at radius 3 is 2.48 bits per heavy atom. The van der Waals surface area contributed by atoms with E-state index in [9.17, 15) is 5.11 Å². The number of benzene rings is 2. The zero-order valence-corrected chi connectivity index (χ0v) is 18.5. The number of phenols is 1. The number of ether oxygens (including phenoxy) is 1. The average Bonchev–Trinajstić information content (AvgIpc) is 2.68. The lowest BCUT2D eigenvalue weighted by Gasteiger charge is -2.43. The Balaban J connectivity index is 1.87. The molecule has 2 nitrogen and oxygen atoms in total. The SMILES string of the molecule is CC(C)=C[C@@H]1C[C@H](C)[C@H]2CC[C@H](C)c3c(OCc4ccccc4)c(O)c(C)c1c32. The molecule has 0 spiro atoms. The van der Waals surface area contributed by atoms with E-state index in [1.165, 1.54) is 41.5 Å². The van der Waals surface area contributed by atoms with E-state index in [-0.39, 0.29) is 0 Å². The Bertz CT molecular complexity index is 922. The highest BCUT2D eigenvalue weighted by atomic mass is 16.5. The van der Waals surface area contributed by atoms with Crippen LogP contribution in [-0.2, 0) is 6.61 Å². The molecule has 2 heteroatoms. The van der Waals surface area contributed by atoms with Crippen LogP contribution in [0.1, 0.15) is 92.5 Å². The maximum atomic E-state index is 11.2. The number of hydrogen-bond donors (Lipinski definition) is 1. The van der Waals surface area contributed by atoms with Gasteiger partial charge < -0.3 is 9.84 Å². The summed E-state index contributed by atoms with van der Waals surface area (Å²) in [5.41, 5.74) is 7.63. The summed E-state index contributed by atoms with van der Waals surface area (Å²) in [5, 5.41) is 11.2. The lowest BCUT2D eigenvalue weighted by Crippen LogP contribution is -2.28. The summed E-state index contributed by atoms with van der Waals surface area (Å²) in [6.07, 6.45) is 5.98. The van der Waals surface area contributed by atoms with Gasteiger partial charge in [0.1, 0.15) is 6.61 Å². The predicted molar refractivity (Wildman–Crippen MR) is 120 cm³/mol. The fraction of sp³-hybridized carbons (Fsp3) is 0.481. The first-order chi connectivity index (χ1) is 13.9. The van der Waals surface area contributed by atoms with Crippen LogP contribution in [0.25, 0.3) is 0 Å². The van der Waals surface area contributed by atoms with Crippen molar-refractivity contribution in [1.82, 2.24) is 0 Å². The van der Waals surface area contributed by atoms with E-state index in [0.717, 1.165) is 16.9 Å². The van der Waals surface area contributed by atoms with Crippen molar-refractivity contribution in [3.05, 3.63) is 69.8 Å². The van der Waals surface area contributed by atoms with E-state index in [4.69, 9.17) is 4.74 Å². The maximum absolute atomic E-state index is 11.2. The standard InChI is InChI=1S/C27H34O2/c1-16(2)13-21-14-18(4)22-12-11-17(3)23-25(22)24(21)19(5)26(28)27(23)29-15-20-9-7-6-8-10-20/h6-10,13,17-18,21-22,28H,11-12,14-15H2,1-5H3/t17-,18-,21+,22+/m0/s1. The van der Waals surface area contributed by atoms with Crippen LogP contribution in [-0.4, -0.2) is 5.11 Å². The van der Waals surface area contributed by atoms with Crippen molar-refractivity contribution in [2.24, 2.45) is 5.92 Å². The molecule has 0 heterocycles. The highest BCUT2D eigenvalue weighted by Crippen LogP contribution is 2.58. The summed E-state index contributed by atoms with van der Waals surface area (Å²) in [7, 11) is 0. The molecule has 4 atom stereocenters.